The molecule has 1 aromatic carbocycles. The lowest BCUT2D eigenvalue weighted by atomic mass is 10.9. The van der Waals surface area contributed by atoms with Gasteiger partial charge in [-0.25, -0.2) is 0 Å². The Morgan fingerprint density at radius 1 is 1.22 bits per heavy atom. The van der Waals surface area contributed by atoms with E-state index in [4.69, 9.17) is 5.73 Å². The van der Waals surface area contributed by atoms with Gasteiger partial charge in [0.25, 0.3) is 0 Å². The molecular formula is C7H7NO. The average molecular weight is 127 g/mol. The quantitative estimate of drug-likeness (QED) is 0.595. The van der Waals surface area contributed by atoms with Crippen molar-refractivity contribution in [2.45, 2.75) is 0 Å². The van der Waals surface area contributed by atoms with Gasteiger partial charge >= 0.3 is 0 Å². The maximum Gasteiger partial charge on any atom is 0.248 e. The second-order valence-electron chi connectivity index (χ2n) is 1.73. The molecule has 0 aliphatic carbocycles. The first-order valence-corrected chi connectivity index (χ1v) is 2.65. The molecule has 0 unspecified atom stereocenters. The topological polar surface area (TPSA) is 43.1 Å². The van der Waals surface area contributed by atoms with Crippen LogP contribution >= 0.6 is 0 Å². The lowest BCUT2D eigenvalue weighted by Crippen LogP contribution is -2.09. The van der Waals surface area contributed by atoms with Crippen LogP contribution in [0.15, 0.2) is 30.3 Å². The number of hydrogen-bond donors (Lipinski definition) is 1. The maximum absolute atomic E-state index is 10.4. The van der Waals surface area contributed by atoms with E-state index in [-0.39, 0.29) is 5.91 Å². The van der Waals surface area contributed by atoms with Crippen LogP contribution in [0.2, 0.25) is 0 Å². The number of nitrogens with two attached hydrogens (primary N) is 1. The van der Waals surface area contributed by atoms with Crippen molar-refractivity contribution in [2.24, 2.45) is 5.73 Å². The third-order valence-electron chi connectivity index (χ3n) is 1.06. The van der Waals surface area contributed by atoms with E-state index < -0.39 is 0 Å². The Bertz CT molecular complexity index is 205. The predicted octanol–water partition coefficient (Wildman–Crippen LogP) is 0.786. The van der Waals surface area contributed by atoms with Crippen molar-refractivity contribution < 1.29 is 4.79 Å². The number of primary amides is 1. The number of amides is 1. The molecule has 2 heteroatoms. The van der Waals surface area contributed by atoms with Crippen molar-refractivity contribution in [3.05, 3.63) is 35.9 Å². The summed E-state index contributed by atoms with van der Waals surface area (Å²) in [6.07, 6.45) is 0. The van der Waals surface area contributed by atoms with Gasteiger partial charge < -0.3 is 5.73 Å². The summed E-state index contributed by atoms with van der Waals surface area (Å²) >= 11 is 0. The highest BCUT2D eigenvalue weighted by Crippen LogP contribution is 1.94. The summed E-state index contributed by atoms with van der Waals surface area (Å²) in [6.45, 7) is 0. The number of hydrogen-bond acceptors (Lipinski definition) is 1. The Morgan fingerprint density at radius 3 is 2.11 bits per heavy atom. The number of carbonyl (C=O) groups is 1. The van der Waals surface area contributed by atoms with Crippen molar-refractivity contribution in [3.63, 3.8) is 0 Å². The molecule has 1 rings (SSSR count). The Morgan fingerprint density at radius 2 is 1.78 bits per heavy atom. The van der Waals surface area contributed by atoms with Gasteiger partial charge in [0.2, 0.25) is 5.91 Å². The van der Waals surface area contributed by atoms with Crippen molar-refractivity contribution >= 4 is 5.91 Å². The molecule has 2 nitrogen and oxygen atoms in total. The molecule has 0 fully saturated rings. The highest BCUT2D eigenvalue weighted by Gasteiger charge is 1.93. The molecule has 1 aromatic rings. The highest BCUT2D eigenvalue weighted by atomic mass is 16.2. The standard InChI is InChI=1S/C7H7NO/c8-7(9)6-4-2-1-3-5-6/h1-5H,(H2,8,9)/i1+1,2+1,3+1,4+1,5+1,6+1. The summed E-state index contributed by atoms with van der Waals surface area (Å²) < 4.78 is 0. The molecular weight excluding hydrogens is 120 g/mol. The minimum absolute atomic E-state index is 0.379. The van der Waals surface area contributed by atoms with Gasteiger partial charge in [-0.05, 0) is 12.1 Å². The van der Waals surface area contributed by atoms with E-state index in [1.807, 2.05) is 6.07 Å². The van der Waals surface area contributed by atoms with Gasteiger partial charge in [0.15, 0.2) is 0 Å². The molecule has 0 aromatic heterocycles. The van der Waals surface area contributed by atoms with Crippen LogP contribution in [0.4, 0.5) is 0 Å². The summed E-state index contributed by atoms with van der Waals surface area (Å²) in [7, 11) is 0. The minimum atomic E-state index is -0.379. The normalized spacial score (nSPS) is 8.89. The first-order chi connectivity index (χ1) is 4.30. The van der Waals surface area contributed by atoms with Gasteiger partial charge in [-0.3, -0.25) is 4.79 Å². The zero-order valence-corrected chi connectivity index (χ0v) is 4.87. The van der Waals surface area contributed by atoms with E-state index in [0.717, 1.165) is 0 Å². The summed E-state index contributed by atoms with van der Waals surface area (Å²) in [4.78, 5) is 10.4. The van der Waals surface area contributed by atoms with E-state index in [2.05, 4.69) is 0 Å². The molecule has 0 saturated carbocycles. The molecule has 0 bridgehead atoms. The molecule has 2 N–H and O–H groups in total. The fourth-order valence-corrected chi connectivity index (χ4v) is 0.602. The van der Waals surface area contributed by atoms with Crippen LogP contribution in [0, 0.1) is 0 Å². The van der Waals surface area contributed by atoms with E-state index in [1.165, 1.54) is 0 Å². The highest BCUT2D eigenvalue weighted by molar-refractivity contribution is 5.92. The Labute approximate surface area is 53.3 Å². The van der Waals surface area contributed by atoms with Crippen LogP contribution in [-0.2, 0) is 0 Å². The van der Waals surface area contributed by atoms with Crippen LogP contribution in [-0.4, -0.2) is 5.91 Å². The number of carbonyl (C=O) groups excluding carboxylic acids is 1. The van der Waals surface area contributed by atoms with Crippen LogP contribution in [0.3, 0.4) is 0 Å². The van der Waals surface area contributed by atoms with Gasteiger partial charge in [0.1, 0.15) is 0 Å². The smallest absolute Gasteiger partial charge is 0.248 e. The third kappa shape index (κ3) is 1.29. The first-order valence-electron chi connectivity index (χ1n) is 2.65. The Hall–Kier alpha value is -1.31. The molecule has 9 heavy (non-hydrogen) atoms. The van der Waals surface area contributed by atoms with Crippen molar-refractivity contribution in [1.29, 1.82) is 0 Å². The monoisotopic (exact) mass is 127 g/mol. The summed E-state index contributed by atoms with van der Waals surface area (Å²) in [5, 5.41) is 0. The number of benzene rings is 1. The lowest BCUT2D eigenvalue weighted by Gasteiger charge is -1.89. The first kappa shape index (κ1) is 5.82. The van der Waals surface area contributed by atoms with E-state index in [9.17, 15) is 4.79 Å². The van der Waals surface area contributed by atoms with Crippen LogP contribution in [0.1, 0.15) is 10.4 Å². The van der Waals surface area contributed by atoms with E-state index in [1.54, 1.807) is 24.3 Å². The molecule has 0 aliphatic rings. The zero-order chi connectivity index (χ0) is 6.69. The summed E-state index contributed by atoms with van der Waals surface area (Å²) in [5.41, 5.74) is 5.53. The van der Waals surface area contributed by atoms with Crippen LogP contribution in [0.25, 0.3) is 0 Å². The Kier molecular flexibility index (Phi) is 1.49. The Balaban J connectivity index is 2.98. The third-order valence-corrected chi connectivity index (χ3v) is 1.06. The minimum Gasteiger partial charge on any atom is -0.366 e. The van der Waals surface area contributed by atoms with Gasteiger partial charge in [0.05, 0.1) is 0 Å². The SMILES string of the molecule is NC(=O)[13c]1[13cH][13cH][13cH][13cH][13cH]1. The summed E-state index contributed by atoms with van der Waals surface area (Å²) in [6, 6.07) is 8.76. The fourth-order valence-electron chi connectivity index (χ4n) is 0.602. The van der Waals surface area contributed by atoms with E-state index in [0.29, 0.717) is 5.56 Å². The maximum atomic E-state index is 10.4. The second kappa shape index (κ2) is 2.31. The van der Waals surface area contributed by atoms with Crippen molar-refractivity contribution in [2.75, 3.05) is 0 Å². The molecule has 0 saturated heterocycles. The molecule has 0 radical (unpaired) electrons. The molecule has 0 spiro atoms. The van der Waals surface area contributed by atoms with Crippen molar-refractivity contribution in [3.8, 4) is 0 Å². The average Bonchev–Trinajstić information content (AvgIpc) is 1.90. The molecule has 46 valence electrons. The molecule has 0 aliphatic heterocycles. The molecule has 0 heterocycles. The van der Waals surface area contributed by atoms with Gasteiger partial charge in [-0.2, -0.15) is 0 Å². The van der Waals surface area contributed by atoms with Gasteiger partial charge in [0, 0.05) is 5.56 Å². The fraction of sp³-hybridized carbons (Fsp3) is 0. The number of rotatable bonds is 1. The van der Waals surface area contributed by atoms with Gasteiger partial charge in [-0.1, -0.05) is 18.2 Å². The molecule has 0 atom stereocenters. The van der Waals surface area contributed by atoms with Crippen LogP contribution < -0.4 is 5.73 Å². The largest absolute Gasteiger partial charge is 0.366 e. The van der Waals surface area contributed by atoms with E-state index >= 15 is 0 Å². The second-order valence-corrected chi connectivity index (χ2v) is 1.73. The van der Waals surface area contributed by atoms with Crippen molar-refractivity contribution in [1.82, 2.24) is 0 Å². The lowest BCUT2D eigenvalue weighted by molar-refractivity contribution is 0.100. The van der Waals surface area contributed by atoms with Gasteiger partial charge in [-0.15, -0.1) is 0 Å². The molecule has 1 amide bonds. The van der Waals surface area contributed by atoms with Crippen LogP contribution in [0.5, 0.6) is 0 Å². The zero-order valence-electron chi connectivity index (χ0n) is 4.87. The predicted molar refractivity (Wildman–Crippen MR) is 35.0 cm³/mol. The summed E-state index contributed by atoms with van der Waals surface area (Å²) in [5.74, 6) is -0.379.